The van der Waals surface area contributed by atoms with Crippen molar-refractivity contribution < 1.29 is 39.5 Å². The summed E-state index contributed by atoms with van der Waals surface area (Å²) in [5.41, 5.74) is -0.851. The van der Waals surface area contributed by atoms with Crippen LogP contribution in [0.4, 0.5) is 39.5 Å². The van der Waals surface area contributed by atoms with Gasteiger partial charge in [0.2, 0.25) is 0 Å². The van der Waals surface area contributed by atoms with Crippen molar-refractivity contribution >= 4 is 0 Å². The summed E-state index contributed by atoms with van der Waals surface area (Å²) in [5.74, 6) is 0. The van der Waals surface area contributed by atoms with Crippen LogP contribution in [0.15, 0.2) is 78.9 Å². The molecule has 0 fully saturated rings. The van der Waals surface area contributed by atoms with Gasteiger partial charge in [0.1, 0.15) is 0 Å². The van der Waals surface area contributed by atoms with Gasteiger partial charge in [-0.1, -0.05) is 36.4 Å². The van der Waals surface area contributed by atoms with Gasteiger partial charge < -0.3 is 0 Å². The maximum atomic E-state index is 13.5. The van der Waals surface area contributed by atoms with E-state index in [0.717, 1.165) is 36.4 Å². The van der Waals surface area contributed by atoms with Gasteiger partial charge in [0.15, 0.2) is 0 Å². The summed E-state index contributed by atoms with van der Waals surface area (Å²) in [4.78, 5) is 0. The van der Waals surface area contributed by atoms with Crippen LogP contribution in [0, 0.1) is 13.8 Å². The molecule has 0 bridgehead atoms. The smallest absolute Gasteiger partial charge is 0.166 e. The molecular formula is C29H19F9. The van der Waals surface area contributed by atoms with Crippen LogP contribution in [0.1, 0.15) is 27.8 Å². The van der Waals surface area contributed by atoms with Gasteiger partial charge in [-0.15, -0.1) is 0 Å². The fourth-order valence-electron chi connectivity index (χ4n) is 4.52. The molecule has 0 amide bonds. The first-order valence-corrected chi connectivity index (χ1v) is 11.2. The molecule has 0 spiro atoms. The lowest BCUT2D eigenvalue weighted by molar-refractivity contribution is -0.138. The van der Waals surface area contributed by atoms with E-state index in [9.17, 15) is 39.5 Å². The first-order valence-electron chi connectivity index (χ1n) is 11.2. The van der Waals surface area contributed by atoms with E-state index in [0.29, 0.717) is 16.7 Å². The topological polar surface area (TPSA) is 0 Å². The van der Waals surface area contributed by atoms with Gasteiger partial charge in [-0.3, -0.25) is 0 Å². The Balaban J connectivity index is 2.06. The molecule has 38 heavy (non-hydrogen) atoms. The van der Waals surface area contributed by atoms with E-state index in [4.69, 9.17) is 0 Å². The second-order valence-electron chi connectivity index (χ2n) is 8.83. The highest BCUT2D eigenvalue weighted by atomic mass is 19.4. The molecule has 9 heteroatoms. The predicted molar refractivity (Wildman–Crippen MR) is 127 cm³/mol. The molecule has 0 unspecified atom stereocenters. The molecule has 0 radical (unpaired) electrons. The van der Waals surface area contributed by atoms with Crippen LogP contribution in [0.3, 0.4) is 0 Å². The van der Waals surface area contributed by atoms with E-state index in [1.54, 1.807) is 13.8 Å². The Labute approximate surface area is 212 Å². The standard InChI is InChI=1S/C29H19F9/c1-16-24(18-6-3-9-21(12-18)27(30,31)32)15-25(19-7-4-10-22(13-19)28(33,34)35)17(2)26(16)20-8-5-11-23(14-20)29(36,37)38/h3-15H,1-2H3. The van der Waals surface area contributed by atoms with Crippen molar-refractivity contribution in [3.05, 3.63) is 107 Å². The Bertz CT molecular complexity index is 1410. The van der Waals surface area contributed by atoms with Crippen LogP contribution in [-0.4, -0.2) is 0 Å². The first kappa shape index (κ1) is 27.3. The van der Waals surface area contributed by atoms with Crippen LogP contribution in [0.5, 0.6) is 0 Å². The number of halogens is 9. The molecule has 0 saturated carbocycles. The summed E-state index contributed by atoms with van der Waals surface area (Å²) < 4.78 is 121. The van der Waals surface area contributed by atoms with Crippen molar-refractivity contribution in [2.24, 2.45) is 0 Å². The third kappa shape index (κ3) is 5.42. The highest BCUT2D eigenvalue weighted by molar-refractivity contribution is 5.88. The molecule has 4 aromatic carbocycles. The fourth-order valence-corrected chi connectivity index (χ4v) is 4.52. The Morgan fingerprint density at radius 1 is 0.421 bits per heavy atom. The van der Waals surface area contributed by atoms with Gasteiger partial charge in [-0.05, 0) is 101 Å². The van der Waals surface area contributed by atoms with Crippen LogP contribution in [-0.2, 0) is 18.5 Å². The average molecular weight is 538 g/mol. The third-order valence-corrected chi connectivity index (χ3v) is 6.33. The second kappa shape index (κ2) is 9.53. The number of alkyl halides is 9. The predicted octanol–water partition coefficient (Wildman–Crippen LogP) is 10.4. The highest BCUT2D eigenvalue weighted by Crippen LogP contribution is 2.43. The number of hydrogen-bond acceptors (Lipinski definition) is 0. The minimum absolute atomic E-state index is 0.124. The van der Waals surface area contributed by atoms with Crippen molar-refractivity contribution in [3.63, 3.8) is 0 Å². The number of rotatable bonds is 3. The minimum atomic E-state index is -4.65. The summed E-state index contributed by atoms with van der Waals surface area (Å²) in [5, 5.41) is 0. The third-order valence-electron chi connectivity index (χ3n) is 6.33. The van der Waals surface area contributed by atoms with E-state index in [1.807, 2.05) is 0 Å². The lowest BCUT2D eigenvalue weighted by Crippen LogP contribution is -2.06. The van der Waals surface area contributed by atoms with Gasteiger partial charge in [-0.2, -0.15) is 39.5 Å². The second-order valence-corrected chi connectivity index (χ2v) is 8.83. The van der Waals surface area contributed by atoms with Crippen molar-refractivity contribution in [1.82, 2.24) is 0 Å². The molecule has 0 aliphatic rings. The molecule has 0 aromatic heterocycles. The Kier molecular flexibility index (Phi) is 6.84. The number of benzene rings is 4. The molecule has 0 saturated heterocycles. The average Bonchev–Trinajstić information content (AvgIpc) is 2.83. The lowest BCUT2D eigenvalue weighted by Gasteiger charge is -2.21. The monoisotopic (exact) mass is 538 g/mol. The van der Waals surface area contributed by atoms with Gasteiger partial charge in [0.25, 0.3) is 0 Å². The van der Waals surface area contributed by atoms with E-state index < -0.39 is 35.2 Å². The van der Waals surface area contributed by atoms with Crippen LogP contribution in [0.2, 0.25) is 0 Å². The molecule has 0 heterocycles. The molecule has 0 atom stereocenters. The normalized spacial score (nSPS) is 12.6. The van der Waals surface area contributed by atoms with Crippen molar-refractivity contribution in [2.45, 2.75) is 32.4 Å². The zero-order chi connectivity index (χ0) is 28.0. The van der Waals surface area contributed by atoms with E-state index >= 15 is 0 Å². The molecule has 0 N–H and O–H groups in total. The SMILES string of the molecule is Cc1c(-c2cccc(C(F)(F)F)c2)cc(-c2cccc(C(F)(F)F)c2)c(C)c1-c1cccc(C(F)(F)F)c1. The Morgan fingerprint density at radius 2 is 0.737 bits per heavy atom. The van der Waals surface area contributed by atoms with Crippen LogP contribution < -0.4 is 0 Å². The van der Waals surface area contributed by atoms with Crippen molar-refractivity contribution in [2.75, 3.05) is 0 Å². The van der Waals surface area contributed by atoms with Gasteiger partial charge in [0, 0.05) is 0 Å². The zero-order valence-electron chi connectivity index (χ0n) is 19.9. The van der Waals surface area contributed by atoms with E-state index in [1.165, 1.54) is 42.5 Å². The van der Waals surface area contributed by atoms with Gasteiger partial charge >= 0.3 is 18.5 Å². The maximum Gasteiger partial charge on any atom is 0.416 e. The minimum Gasteiger partial charge on any atom is -0.166 e. The van der Waals surface area contributed by atoms with E-state index in [2.05, 4.69) is 0 Å². The number of hydrogen-bond donors (Lipinski definition) is 0. The largest absolute Gasteiger partial charge is 0.416 e. The molecule has 4 aromatic rings. The zero-order valence-corrected chi connectivity index (χ0v) is 19.9. The summed E-state index contributed by atoms with van der Waals surface area (Å²) in [6.45, 7) is 3.13. The molecule has 0 aliphatic carbocycles. The Morgan fingerprint density at radius 3 is 1.08 bits per heavy atom. The molecule has 0 aliphatic heterocycles. The lowest BCUT2D eigenvalue weighted by atomic mass is 9.83. The fraction of sp³-hybridized carbons (Fsp3) is 0.172. The van der Waals surface area contributed by atoms with E-state index in [-0.39, 0.29) is 27.8 Å². The Hall–Kier alpha value is -3.75. The van der Waals surface area contributed by atoms with Gasteiger partial charge in [0.05, 0.1) is 16.7 Å². The summed E-state index contributed by atoms with van der Waals surface area (Å²) in [6, 6.07) is 14.7. The highest BCUT2D eigenvalue weighted by Gasteiger charge is 2.33. The molecule has 198 valence electrons. The summed E-state index contributed by atoms with van der Waals surface area (Å²) in [7, 11) is 0. The molecule has 0 nitrogen and oxygen atoms in total. The molecule has 4 rings (SSSR count). The summed E-state index contributed by atoms with van der Waals surface area (Å²) in [6.07, 6.45) is -14.0. The van der Waals surface area contributed by atoms with Crippen LogP contribution >= 0.6 is 0 Å². The van der Waals surface area contributed by atoms with Crippen molar-refractivity contribution in [1.29, 1.82) is 0 Å². The van der Waals surface area contributed by atoms with Crippen LogP contribution in [0.25, 0.3) is 33.4 Å². The summed E-state index contributed by atoms with van der Waals surface area (Å²) >= 11 is 0. The molecular weight excluding hydrogens is 519 g/mol. The maximum absolute atomic E-state index is 13.5. The quantitative estimate of drug-likeness (QED) is 0.228. The first-order chi connectivity index (χ1) is 17.6. The van der Waals surface area contributed by atoms with Gasteiger partial charge in [-0.25, -0.2) is 0 Å². The van der Waals surface area contributed by atoms with Crippen molar-refractivity contribution in [3.8, 4) is 33.4 Å².